The molecule has 0 aromatic heterocycles. The van der Waals surface area contributed by atoms with Crippen LogP contribution in [-0.4, -0.2) is 69.1 Å². The third-order valence-electron chi connectivity index (χ3n) is 3.03. The van der Waals surface area contributed by atoms with E-state index in [1.165, 1.54) is 0 Å². The molecule has 9 N–H and O–H groups in total. The van der Waals surface area contributed by atoms with Crippen molar-refractivity contribution in [2.45, 2.75) is 43.8 Å². The van der Waals surface area contributed by atoms with Gasteiger partial charge < -0.3 is 37.4 Å². The molecule has 0 heterocycles. The Morgan fingerprint density at radius 2 is 1.35 bits per heavy atom. The summed E-state index contributed by atoms with van der Waals surface area (Å²) in [5.74, 6) is -7.36. The predicted octanol–water partition coefficient (Wildman–Crippen LogP) is -3.42. The van der Waals surface area contributed by atoms with Crippen LogP contribution < -0.4 is 22.1 Å². The van der Waals surface area contributed by atoms with Gasteiger partial charge in [-0.1, -0.05) is 0 Å². The predicted molar refractivity (Wildman–Crippen MR) is 82.4 cm³/mol. The lowest BCUT2D eigenvalue weighted by molar-refractivity contribution is -0.144. The van der Waals surface area contributed by atoms with Crippen LogP contribution in [0.15, 0.2) is 0 Å². The second kappa shape index (κ2) is 10.6. The molecule has 0 saturated heterocycles. The summed E-state index contributed by atoms with van der Waals surface area (Å²) in [5, 5.41) is 30.1. The van der Waals surface area contributed by atoms with Crippen LogP contribution in [0.4, 0.5) is 0 Å². The normalized spacial score (nSPS) is 13.7. The third kappa shape index (κ3) is 9.17. The monoisotopic (exact) mass is 376 g/mol. The van der Waals surface area contributed by atoms with Crippen molar-refractivity contribution in [2.75, 3.05) is 0 Å². The van der Waals surface area contributed by atoms with Crippen molar-refractivity contribution in [3.63, 3.8) is 0 Å². The number of hydrogen-bond donors (Lipinski definition) is 7. The van der Waals surface area contributed by atoms with Crippen LogP contribution in [-0.2, 0) is 28.8 Å². The maximum atomic E-state index is 12.1. The van der Waals surface area contributed by atoms with Gasteiger partial charge >= 0.3 is 17.9 Å². The number of nitrogens with one attached hydrogen (secondary N) is 2. The summed E-state index contributed by atoms with van der Waals surface area (Å²) < 4.78 is 0. The number of amides is 3. The van der Waals surface area contributed by atoms with Gasteiger partial charge in [-0.25, -0.2) is 4.79 Å². The summed E-state index contributed by atoms with van der Waals surface area (Å²) >= 11 is 0. The smallest absolute Gasteiger partial charge is 0.326 e. The Morgan fingerprint density at radius 3 is 1.77 bits per heavy atom. The number of carbonyl (C=O) groups excluding carboxylic acids is 3. The molecule has 0 radical (unpaired) electrons. The number of carboxylic acids is 3. The number of carboxylic acid groups (broad SMARTS) is 3. The Hall–Kier alpha value is -3.22. The number of nitrogens with two attached hydrogens (primary N) is 2. The van der Waals surface area contributed by atoms with Crippen LogP contribution in [0, 0.1) is 0 Å². The molecule has 0 aliphatic carbocycles. The highest BCUT2D eigenvalue weighted by Gasteiger charge is 2.29. The third-order valence-corrected chi connectivity index (χ3v) is 3.03. The van der Waals surface area contributed by atoms with Gasteiger partial charge in [0.2, 0.25) is 17.7 Å². The zero-order valence-electron chi connectivity index (χ0n) is 13.5. The van der Waals surface area contributed by atoms with Gasteiger partial charge in [-0.3, -0.25) is 24.0 Å². The fourth-order valence-electron chi connectivity index (χ4n) is 1.77. The molecule has 3 unspecified atom stereocenters. The second-order valence-electron chi connectivity index (χ2n) is 5.27. The molecule has 3 atom stereocenters. The van der Waals surface area contributed by atoms with Crippen LogP contribution in [0.2, 0.25) is 0 Å². The van der Waals surface area contributed by atoms with E-state index in [0.29, 0.717) is 0 Å². The van der Waals surface area contributed by atoms with Gasteiger partial charge in [-0.05, 0) is 6.42 Å². The quantitative estimate of drug-likeness (QED) is 0.178. The zero-order chi connectivity index (χ0) is 20.4. The number of primary amides is 1. The van der Waals surface area contributed by atoms with Crippen molar-refractivity contribution in [1.29, 1.82) is 0 Å². The van der Waals surface area contributed by atoms with Crippen LogP contribution in [0.5, 0.6) is 0 Å². The minimum Gasteiger partial charge on any atom is -0.481 e. The molecule has 0 aromatic carbocycles. The first kappa shape index (κ1) is 22.8. The standard InChI is InChI=1S/C13H20N4O9/c14-5(3-10(21)22)11(23)17-7(4-8(15)18)12(24)16-6(13(25)26)1-2-9(19)20/h5-7H,1-4,14H2,(H2,15,18)(H,16,24)(H,17,23)(H,19,20)(H,21,22)(H,25,26). The first-order chi connectivity index (χ1) is 11.9. The average molecular weight is 376 g/mol. The van der Waals surface area contributed by atoms with Gasteiger partial charge in [0, 0.05) is 6.42 Å². The van der Waals surface area contributed by atoms with Gasteiger partial charge in [0.15, 0.2) is 0 Å². The lowest BCUT2D eigenvalue weighted by Gasteiger charge is -2.21. The molecule has 146 valence electrons. The molecule has 3 amide bonds. The zero-order valence-corrected chi connectivity index (χ0v) is 13.5. The van der Waals surface area contributed by atoms with E-state index in [0.717, 1.165) is 0 Å². The molecule has 26 heavy (non-hydrogen) atoms. The van der Waals surface area contributed by atoms with E-state index in [2.05, 4.69) is 0 Å². The Balaban J connectivity index is 5.08. The van der Waals surface area contributed by atoms with Crippen molar-refractivity contribution >= 4 is 35.6 Å². The minimum absolute atomic E-state index is 0.438. The summed E-state index contributed by atoms with van der Waals surface area (Å²) in [5.41, 5.74) is 10.3. The van der Waals surface area contributed by atoms with Crippen LogP contribution >= 0.6 is 0 Å². The van der Waals surface area contributed by atoms with Crippen LogP contribution in [0.1, 0.15) is 25.7 Å². The van der Waals surface area contributed by atoms with E-state index < -0.39 is 79.4 Å². The molecule has 0 aliphatic rings. The molecule has 0 saturated carbocycles. The highest BCUT2D eigenvalue weighted by Crippen LogP contribution is 2.02. The summed E-state index contributed by atoms with van der Waals surface area (Å²) in [6, 6.07) is -4.71. The van der Waals surface area contributed by atoms with Gasteiger partial charge in [-0.15, -0.1) is 0 Å². The van der Waals surface area contributed by atoms with E-state index in [1.807, 2.05) is 10.6 Å². The summed E-state index contributed by atoms with van der Waals surface area (Å²) in [7, 11) is 0. The maximum absolute atomic E-state index is 12.1. The summed E-state index contributed by atoms with van der Waals surface area (Å²) in [4.78, 5) is 67.1. The van der Waals surface area contributed by atoms with Gasteiger partial charge in [0.05, 0.1) is 18.9 Å². The fourth-order valence-corrected chi connectivity index (χ4v) is 1.77. The molecule has 0 aromatic rings. The highest BCUT2D eigenvalue weighted by molar-refractivity contribution is 5.95. The number of hydrogen-bond acceptors (Lipinski definition) is 7. The maximum Gasteiger partial charge on any atom is 0.326 e. The van der Waals surface area contributed by atoms with Gasteiger partial charge in [-0.2, -0.15) is 0 Å². The Morgan fingerprint density at radius 1 is 0.808 bits per heavy atom. The van der Waals surface area contributed by atoms with E-state index >= 15 is 0 Å². The minimum atomic E-state index is -1.61. The first-order valence-electron chi connectivity index (χ1n) is 7.25. The Labute approximate surface area is 146 Å². The Bertz CT molecular complexity index is 592. The van der Waals surface area contributed by atoms with Crippen molar-refractivity contribution in [1.82, 2.24) is 10.6 Å². The SMILES string of the molecule is NC(=O)CC(NC(=O)C(N)CC(=O)O)C(=O)NC(CCC(=O)O)C(=O)O. The van der Waals surface area contributed by atoms with Crippen molar-refractivity contribution in [2.24, 2.45) is 11.5 Å². The molecule has 0 fully saturated rings. The van der Waals surface area contributed by atoms with Gasteiger partial charge in [0.25, 0.3) is 0 Å². The van der Waals surface area contributed by atoms with Crippen molar-refractivity contribution in [3.8, 4) is 0 Å². The molecule has 0 rings (SSSR count). The van der Waals surface area contributed by atoms with E-state index in [1.54, 1.807) is 0 Å². The van der Waals surface area contributed by atoms with E-state index in [9.17, 15) is 28.8 Å². The molecule has 0 spiro atoms. The lowest BCUT2D eigenvalue weighted by atomic mass is 10.1. The molecular weight excluding hydrogens is 356 g/mol. The number of carbonyl (C=O) groups is 6. The number of aliphatic carboxylic acids is 3. The molecule has 13 heteroatoms. The average Bonchev–Trinajstić information content (AvgIpc) is 2.48. The van der Waals surface area contributed by atoms with Gasteiger partial charge in [0.1, 0.15) is 12.1 Å². The second-order valence-corrected chi connectivity index (χ2v) is 5.27. The summed E-state index contributed by atoms with van der Waals surface area (Å²) in [6.07, 6.45) is -2.44. The largest absolute Gasteiger partial charge is 0.481 e. The molecule has 13 nitrogen and oxygen atoms in total. The lowest BCUT2D eigenvalue weighted by Crippen LogP contribution is -2.55. The fraction of sp³-hybridized carbons (Fsp3) is 0.538. The first-order valence-corrected chi connectivity index (χ1v) is 7.25. The van der Waals surface area contributed by atoms with Crippen LogP contribution in [0.25, 0.3) is 0 Å². The highest BCUT2D eigenvalue weighted by atomic mass is 16.4. The summed E-state index contributed by atoms with van der Waals surface area (Å²) in [6.45, 7) is 0. The van der Waals surface area contributed by atoms with Crippen LogP contribution in [0.3, 0.4) is 0 Å². The Kier molecular flexibility index (Phi) is 9.29. The molecule has 0 bridgehead atoms. The van der Waals surface area contributed by atoms with Crippen molar-refractivity contribution in [3.05, 3.63) is 0 Å². The van der Waals surface area contributed by atoms with E-state index in [-0.39, 0.29) is 0 Å². The topological polar surface area (TPSA) is 239 Å². The molecule has 0 aliphatic heterocycles. The molecular formula is C13H20N4O9. The van der Waals surface area contributed by atoms with Crippen molar-refractivity contribution < 1.29 is 44.1 Å². The number of rotatable bonds is 12. The van der Waals surface area contributed by atoms with E-state index in [4.69, 9.17) is 26.8 Å².